The predicted molar refractivity (Wildman–Crippen MR) is 68.2 cm³/mol. The van der Waals surface area contributed by atoms with Gasteiger partial charge in [-0.1, -0.05) is 23.7 Å². The molecule has 1 atom stereocenters. The lowest BCUT2D eigenvalue weighted by Gasteiger charge is -2.16. The van der Waals surface area contributed by atoms with E-state index in [1.54, 1.807) is 12.1 Å². The maximum absolute atomic E-state index is 12.0. The molecule has 0 saturated carbocycles. The maximum Gasteiger partial charge on any atom is 0.218 e. The van der Waals surface area contributed by atoms with Gasteiger partial charge in [0.15, 0.2) is 0 Å². The Morgan fingerprint density at radius 2 is 2.24 bits per heavy atom. The van der Waals surface area contributed by atoms with Crippen LogP contribution in [0.4, 0.5) is 0 Å². The van der Waals surface area contributed by atoms with E-state index in [9.17, 15) is 8.42 Å². The first-order valence-corrected chi connectivity index (χ1v) is 7.35. The van der Waals surface area contributed by atoms with Crippen LogP contribution < -0.4 is 5.73 Å². The molecule has 94 valence electrons. The first kappa shape index (κ1) is 12.8. The fourth-order valence-electron chi connectivity index (χ4n) is 2.02. The van der Waals surface area contributed by atoms with Crippen LogP contribution in [0.2, 0.25) is 5.02 Å². The minimum absolute atomic E-state index is 0.189. The summed E-state index contributed by atoms with van der Waals surface area (Å²) in [5.41, 5.74) is 6.36. The molecule has 0 aromatic heterocycles. The number of benzene rings is 1. The second-order valence-corrected chi connectivity index (χ2v) is 6.80. The van der Waals surface area contributed by atoms with Gasteiger partial charge in [0.1, 0.15) is 0 Å². The molecule has 0 radical (unpaired) electrons. The van der Waals surface area contributed by atoms with Crippen LogP contribution in [0.15, 0.2) is 24.3 Å². The van der Waals surface area contributed by atoms with Gasteiger partial charge in [0, 0.05) is 24.7 Å². The molecule has 1 aromatic rings. The third kappa shape index (κ3) is 2.63. The molecule has 1 aliphatic rings. The highest BCUT2D eigenvalue weighted by Gasteiger charge is 2.37. The van der Waals surface area contributed by atoms with E-state index in [1.165, 1.54) is 4.31 Å². The van der Waals surface area contributed by atoms with Gasteiger partial charge in [0.2, 0.25) is 10.0 Å². The number of nitrogens with two attached hydrogens (primary N) is 1. The predicted octanol–water partition coefficient (Wildman–Crippen LogP) is 1.20. The molecule has 2 rings (SSSR count). The van der Waals surface area contributed by atoms with Crippen LogP contribution in [0.3, 0.4) is 0 Å². The van der Waals surface area contributed by atoms with Crippen molar-refractivity contribution >= 4 is 21.6 Å². The zero-order valence-electron chi connectivity index (χ0n) is 9.34. The third-order valence-corrected chi connectivity index (χ3v) is 5.53. The fraction of sp³-hybridized carbons (Fsp3) is 0.455. The summed E-state index contributed by atoms with van der Waals surface area (Å²) >= 11 is 5.87. The zero-order chi connectivity index (χ0) is 12.5. The monoisotopic (exact) mass is 274 g/mol. The van der Waals surface area contributed by atoms with Crippen molar-refractivity contribution in [1.29, 1.82) is 0 Å². The van der Waals surface area contributed by atoms with Crippen molar-refractivity contribution < 1.29 is 8.42 Å². The molecule has 17 heavy (non-hydrogen) atoms. The van der Waals surface area contributed by atoms with E-state index in [4.69, 9.17) is 17.3 Å². The van der Waals surface area contributed by atoms with E-state index in [2.05, 4.69) is 0 Å². The number of nitrogens with zero attached hydrogens (tertiary/aromatic N) is 1. The van der Waals surface area contributed by atoms with Gasteiger partial charge in [-0.05, 0) is 24.1 Å². The Labute approximate surface area is 106 Å². The highest BCUT2D eigenvalue weighted by atomic mass is 35.5. The third-order valence-electron chi connectivity index (χ3n) is 2.99. The molecule has 0 bridgehead atoms. The van der Waals surface area contributed by atoms with Crippen molar-refractivity contribution in [2.75, 3.05) is 13.1 Å². The van der Waals surface area contributed by atoms with Gasteiger partial charge in [0.05, 0.1) is 5.25 Å². The fourth-order valence-corrected chi connectivity index (χ4v) is 3.99. The first-order valence-electron chi connectivity index (χ1n) is 5.47. The molecule has 0 unspecified atom stereocenters. The SMILES string of the molecule is NC[C@@H]1CCN(Cc2cccc(Cl)c2)S1(=O)=O. The molecule has 1 aromatic carbocycles. The Hall–Kier alpha value is -0.620. The molecule has 6 heteroatoms. The van der Waals surface area contributed by atoms with Crippen molar-refractivity contribution in [2.45, 2.75) is 18.2 Å². The number of sulfonamides is 1. The average molecular weight is 275 g/mol. The second-order valence-electron chi connectivity index (χ2n) is 4.15. The van der Waals surface area contributed by atoms with E-state index in [0.29, 0.717) is 24.5 Å². The molecule has 1 heterocycles. The molecular weight excluding hydrogens is 260 g/mol. The zero-order valence-corrected chi connectivity index (χ0v) is 10.9. The van der Waals surface area contributed by atoms with E-state index < -0.39 is 15.3 Å². The van der Waals surface area contributed by atoms with Crippen molar-refractivity contribution in [3.8, 4) is 0 Å². The molecule has 1 saturated heterocycles. The lowest BCUT2D eigenvalue weighted by Crippen LogP contribution is -2.32. The summed E-state index contributed by atoms with van der Waals surface area (Å²) in [6, 6.07) is 7.25. The van der Waals surface area contributed by atoms with E-state index in [1.807, 2.05) is 12.1 Å². The summed E-state index contributed by atoms with van der Waals surface area (Å²) in [5.74, 6) is 0. The molecule has 1 fully saturated rings. The Morgan fingerprint density at radius 1 is 1.47 bits per heavy atom. The minimum Gasteiger partial charge on any atom is -0.329 e. The van der Waals surface area contributed by atoms with Gasteiger partial charge in [-0.2, -0.15) is 4.31 Å². The summed E-state index contributed by atoms with van der Waals surface area (Å²) in [7, 11) is -3.22. The molecule has 0 amide bonds. The highest BCUT2D eigenvalue weighted by Crippen LogP contribution is 2.24. The highest BCUT2D eigenvalue weighted by molar-refractivity contribution is 7.90. The Kier molecular flexibility index (Phi) is 3.73. The average Bonchev–Trinajstić information content (AvgIpc) is 2.54. The molecule has 4 nitrogen and oxygen atoms in total. The number of halogens is 1. The molecule has 1 aliphatic heterocycles. The quantitative estimate of drug-likeness (QED) is 0.901. The summed E-state index contributed by atoms with van der Waals surface area (Å²) in [6.45, 7) is 1.10. The van der Waals surface area contributed by atoms with Crippen LogP contribution in [-0.4, -0.2) is 31.1 Å². The summed E-state index contributed by atoms with van der Waals surface area (Å²) in [4.78, 5) is 0. The maximum atomic E-state index is 12.0. The number of hydrogen-bond donors (Lipinski definition) is 1. The molecule has 0 spiro atoms. The van der Waals surface area contributed by atoms with Crippen LogP contribution in [0.1, 0.15) is 12.0 Å². The van der Waals surface area contributed by atoms with Crippen molar-refractivity contribution in [1.82, 2.24) is 4.31 Å². The molecule has 0 aliphatic carbocycles. The Balaban J connectivity index is 2.16. The summed E-state index contributed by atoms with van der Waals surface area (Å²) in [6.07, 6.45) is 0.611. The van der Waals surface area contributed by atoms with Gasteiger partial charge in [-0.25, -0.2) is 8.42 Å². The Morgan fingerprint density at radius 3 is 2.82 bits per heavy atom. The first-order chi connectivity index (χ1) is 8.04. The van der Waals surface area contributed by atoms with Gasteiger partial charge >= 0.3 is 0 Å². The Bertz CT molecular complexity index is 504. The van der Waals surface area contributed by atoms with Crippen LogP contribution in [0, 0.1) is 0 Å². The van der Waals surface area contributed by atoms with Crippen LogP contribution in [0.5, 0.6) is 0 Å². The lowest BCUT2D eigenvalue weighted by molar-refractivity contribution is 0.440. The number of rotatable bonds is 3. The minimum atomic E-state index is -3.22. The van der Waals surface area contributed by atoms with Crippen LogP contribution in [0.25, 0.3) is 0 Å². The van der Waals surface area contributed by atoms with Gasteiger partial charge < -0.3 is 5.73 Å². The van der Waals surface area contributed by atoms with Crippen molar-refractivity contribution in [3.63, 3.8) is 0 Å². The smallest absolute Gasteiger partial charge is 0.218 e. The van der Waals surface area contributed by atoms with E-state index >= 15 is 0 Å². The normalized spacial score (nSPS) is 24.0. The van der Waals surface area contributed by atoms with Crippen molar-refractivity contribution in [2.24, 2.45) is 5.73 Å². The standard InChI is InChI=1S/C11H15ClN2O2S/c12-10-3-1-2-9(6-10)8-14-5-4-11(7-13)17(14,15)16/h1-3,6,11H,4-5,7-8,13H2/t11-/m0/s1. The summed E-state index contributed by atoms with van der Waals surface area (Å²) < 4.78 is 25.5. The van der Waals surface area contributed by atoms with E-state index in [0.717, 1.165) is 5.56 Å². The lowest BCUT2D eigenvalue weighted by atomic mass is 10.2. The topological polar surface area (TPSA) is 63.4 Å². The molecular formula is C11H15ClN2O2S. The second kappa shape index (κ2) is 4.94. The molecule has 2 N–H and O–H groups in total. The van der Waals surface area contributed by atoms with Crippen molar-refractivity contribution in [3.05, 3.63) is 34.9 Å². The van der Waals surface area contributed by atoms with Crippen LogP contribution >= 0.6 is 11.6 Å². The van der Waals surface area contributed by atoms with Crippen LogP contribution in [-0.2, 0) is 16.6 Å². The van der Waals surface area contributed by atoms with E-state index in [-0.39, 0.29) is 6.54 Å². The van der Waals surface area contributed by atoms with Gasteiger partial charge in [-0.3, -0.25) is 0 Å². The number of hydrogen-bond acceptors (Lipinski definition) is 3. The van der Waals surface area contributed by atoms with Gasteiger partial charge in [-0.15, -0.1) is 0 Å². The summed E-state index contributed by atoms with van der Waals surface area (Å²) in [5, 5.41) is 0.191. The van der Waals surface area contributed by atoms with Gasteiger partial charge in [0.25, 0.3) is 0 Å². The largest absolute Gasteiger partial charge is 0.329 e.